The van der Waals surface area contributed by atoms with Crippen LogP contribution in [-0.2, 0) is 4.74 Å². The van der Waals surface area contributed by atoms with Crippen molar-refractivity contribution in [1.29, 1.82) is 0 Å². The first-order valence-electron chi connectivity index (χ1n) is 4.77. The maximum Gasteiger partial charge on any atom is 0.153 e. The summed E-state index contributed by atoms with van der Waals surface area (Å²) in [7, 11) is 1.71. The first kappa shape index (κ1) is 12.6. The SMILES string of the molecule is CCC(COC)Nc1snc(N)c1SC. The Balaban J connectivity index is 2.69. The number of hydrogen-bond acceptors (Lipinski definition) is 6. The molecule has 4 nitrogen and oxygen atoms in total. The Morgan fingerprint density at radius 1 is 1.67 bits per heavy atom. The van der Waals surface area contributed by atoms with E-state index in [9.17, 15) is 0 Å². The number of methoxy groups -OCH3 is 1. The van der Waals surface area contributed by atoms with Crippen molar-refractivity contribution in [2.24, 2.45) is 0 Å². The molecule has 0 aliphatic carbocycles. The minimum atomic E-state index is 0.320. The Morgan fingerprint density at radius 3 is 2.93 bits per heavy atom. The van der Waals surface area contributed by atoms with Crippen molar-refractivity contribution >= 4 is 34.1 Å². The molecule has 0 saturated carbocycles. The number of nitrogens with zero attached hydrogens (tertiary/aromatic N) is 1. The topological polar surface area (TPSA) is 60.2 Å². The average Bonchev–Trinajstić information content (AvgIpc) is 2.58. The lowest BCUT2D eigenvalue weighted by molar-refractivity contribution is 0.184. The van der Waals surface area contributed by atoms with Crippen molar-refractivity contribution in [3.63, 3.8) is 0 Å². The molecule has 0 aromatic carbocycles. The molecule has 1 unspecified atom stereocenters. The highest BCUT2D eigenvalue weighted by atomic mass is 32.2. The van der Waals surface area contributed by atoms with Gasteiger partial charge in [-0.05, 0) is 24.2 Å². The zero-order valence-corrected chi connectivity index (χ0v) is 10.9. The van der Waals surface area contributed by atoms with Crippen LogP contribution in [0.3, 0.4) is 0 Å². The van der Waals surface area contributed by atoms with Crippen LogP contribution in [0.1, 0.15) is 13.3 Å². The number of ether oxygens (including phenoxy) is 1. The summed E-state index contributed by atoms with van der Waals surface area (Å²) in [5, 5.41) is 4.45. The van der Waals surface area contributed by atoms with E-state index < -0.39 is 0 Å². The number of nitrogen functional groups attached to an aromatic ring is 1. The summed E-state index contributed by atoms with van der Waals surface area (Å²) < 4.78 is 9.26. The molecule has 0 radical (unpaired) electrons. The highest BCUT2D eigenvalue weighted by Gasteiger charge is 2.13. The molecule has 3 N–H and O–H groups in total. The van der Waals surface area contributed by atoms with Gasteiger partial charge >= 0.3 is 0 Å². The van der Waals surface area contributed by atoms with Crippen molar-refractivity contribution < 1.29 is 4.74 Å². The summed E-state index contributed by atoms with van der Waals surface area (Å²) >= 11 is 3.03. The monoisotopic (exact) mass is 247 g/mol. The van der Waals surface area contributed by atoms with Gasteiger partial charge < -0.3 is 15.8 Å². The molecule has 0 saturated heterocycles. The molecule has 6 heteroatoms. The van der Waals surface area contributed by atoms with Crippen LogP contribution < -0.4 is 11.1 Å². The van der Waals surface area contributed by atoms with Crippen molar-refractivity contribution in [3.05, 3.63) is 0 Å². The van der Waals surface area contributed by atoms with E-state index in [0.29, 0.717) is 18.5 Å². The van der Waals surface area contributed by atoms with Crippen LogP contribution in [0, 0.1) is 0 Å². The van der Waals surface area contributed by atoms with Crippen molar-refractivity contribution in [3.8, 4) is 0 Å². The number of hydrogen-bond donors (Lipinski definition) is 2. The number of anilines is 2. The van der Waals surface area contributed by atoms with Crippen LogP contribution in [0.5, 0.6) is 0 Å². The molecule has 0 aliphatic heterocycles. The molecule has 0 amide bonds. The zero-order valence-electron chi connectivity index (χ0n) is 9.24. The lowest BCUT2D eigenvalue weighted by Crippen LogP contribution is -2.23. The largest absolute Gasteiger partial charge is 0.383 e. The van der Waals surface area contributed by atoms with E-state index in [1.807, 2.05) is 6.26 Å². The zero-order chi connectivity index (χ0) is 11.3. The van der Waals surface area contributed by atoms with Crippen LogP contribution in [0.15, 0.2) is 4.90 Å². The summed E-state index contributed by atoms with van der Waals surface area (Å²) in [5.41, 5.74) is 5.75. The second-order valence-corrected chi connectivity index (χ2v) is 4.72. The van der Waals surface area contributed by atoms with Crippen LogP contribution in [0.2, 0.25) is 0 Å². The first-order valence-corrected chi connectivity index (χ1v) is 6.77. The fourth-order valence-electron chi connectivity index (χ4n) is 1.23. The van der Waals surface area contributed by atoms with E-state index in [1.165, 1.54) is 11.5 Å². The smallest absolute Gasteiger partial charge is 0.153 e. The normalized spacial score (nSPS) is 12.7. The molecule has 86 valence electrons. The van der Waals surface area contributed by atoms with Gasteiger partial charge in [0.1, 0.15) is 5.00 Å². The second-order valence-electron chi connectivity index (χ2n) is 3.14. The van der Waals surface area contributed by atoms with Gasteiger partial charge in [0.2, 0.25) is 0 Å². The number of aromatic nitrogens is 1. The fraction of sp³-hybridized carbons (Fsp3) is 0.667. The second kappa shape index (κ2) is 6.19. The quantitative estimate of drug-likeness (QED) is 0.755. The third-order valence-electron chi connectivity index (χ3n) is 2.07. The molecular formula is C9H17N3OS2. The Bertz CT molecular complexity index is 304. The minimum Gasteiger partial charge on any atom is -0.383 e. The van der Waals surface area contributed by atoms with E-state index in [1.54, 1.807) is 18.9 Å². The third-order valence-corrected chi connectivity index (χ3v) is 3.82. The van der Waals surface area contributed by atoms with Crippen molar-refractivity contribution in [1.82, 2.24) is 4.37 Å². The van der Waals surface area contributed by atoms with E-state index in [2.05, 4.69) is 16.6 Å². The summed E-state index contributed by atoms with van der Waals surface area (Å²) in [6.07, 6.45) is 3.02. The molecule has 1 heterocycles. The van der Waals surface area contributed by atoms with Crippen LogP contribution >= 0.6 is 23.3 Å². The standard InChI is InChI=1S/C9H17N3OS2/c1-4-6(5-13-2)11-9-7(14-3)8(10)12-15-9/h6,11H,4-5H2,1-3H3,(H2,10,12). The molecule has 1 aromatic rings. The Hall–Kier alpha value is -0.460. The molecule has 1 atom stereocenters. The summed E-state index contributed by atoms with van der Waals surface area (Å²) in [4.78, 5) is 1.04. The Kier molecular flexibility index (Phi) is 5.21. The molecule has 15 heavy (non-hydrogen) atoms. The lowest BCUT2D eigenvalue weighted by atomic mass is 10.2. The van der Waals surface area contributed by atoms with Crippen LogP contribution in [0.4, 0.5) is 10.8 Å². The molecule has 1 aromatic heterocycles. The highest BCUT2D eigenvalue weighted by molar-refractivity contribution is 7.99. The number of nitrogens with one attached hydrogen (secondary N) is 1. The van der Waals surface area contributed by atoms with Gasteiger partial charge in [-0.3, -0.25) is 0 Å². The number of thioether (sulfide) groups is 1. The molecular weight excluding hydrogens is 230 g/mol. The third kappa shape index (κ3) is 3.25. The lowest BCUT2D eigenvalue weighted by Gasteiger charge is -2.16. The van der Waals surface area contributed by atoms with Crippen LogP contribution in [0.25, 0.3) is 0 Å². The molecule has 0 spiro atoms. The first-order chi connectivity index (χ1) is 7.22. The van der Waals surface area contributed by atoms with Gasteiger partial charge in [0, 0.05) is 7.11 Å². The predicted molar refractivity (Wildman–Crippen MR) is 67.9 cm³/mol. The van der Waals surface area contributed by atoms with Gasteiger partial charge in [-0.2, -0.15) is 4.37 Å². The maximum atomic E-state index is 5.75. The molecule has 0 bridgehead atoms. The van der Waals surface area contributed by atoms with E-state index in [-0.39, 0.29) is 0 Å². The number of rotatable bonds is 6. The summed E-state index contributed by atoms with van der Waals surface area (Å²) in [6.45, 7) is 2.82. The van der Waals surface area contributed by atoms with Crippen molar-refractivity contribution in [2.45, 2.75) is 24.3 Å². The average molecular weight is 247 g/mol. The highest BCUT2D eigenvalue weighted by Crippen LogP contribution is 2.35. The van der Waals surface area contributed by atoms with Crippen molar-refractivity contribution in [2.75, 3.05) is 31.0 Å². The van der Waals surface area contributed by atoms with Gasteiger partial charge in [-0.25, -0.2) is 0 Å². The van der Waals surface area contributed by atoms with Gasteiger partial charge in [0.15, 0.2) is 5.82 Å². The number of nitrogens with two attached hydrogens (primary N) is 1. The van der Waals surface area contributed by atoms with Gasteiger partial charge in [-0.1, -0.05) is 6.92 Å². The molecule has 0 aliphatic rings. The van der Waals surface area contributed by atoms with E-state index >= 15 is 0 Å². The predicted octanol–water partition coefficient (Wildman–Crippen LogP) is 2.28. The summed E-state index contributed by atoms with van der Waals surface area (Å²) in [6, 6.07) is 0.320. The fourth-order valence-corrected chi connectivity index (χ4v) is 2.84. The molecule has 1 rings (SSSR count). The summed E-state index contributed by atoms with van der Waals surface area (Å²) in [5.74, 6) is 0.613. The van der Waals surface area contributed by atoms with Gasteiger partial charge in [0.05, 0.1) is 17.5 Å². The molecule has 0 fully saturated rings. The minimum absolute atomic E-state index is 0.320. The van der Waals surface area contributed by atoms with Gasteiger partial charge in [-0.15, -0.1) is 11.8 Å². The van der Waals surface area contributed by atoms with Gasteiger partial charge in [0.25, 0.3) is 0 Å². The van der Waals surface area contributed by atoms with E-state index in [4.69, 9.17) is 10.5 Å². The van der Waals surface area contributed by atoms with Crippen LogP contribution in [-0.4, -0.2) is 30.4 Å². The Labute approximate surface area is 98.7 Å². The maximum absolute atomic E-state index is 5.75. The van der Waals surface area contributed by atoms with E-state index in [0.717, 1.165) is 16.3 Å². The Morgan fingerprint density at radius 2 is 2.40 bits per heavy atom.